The normalized spacial score (nSPS) is 17.1. The van der Waals surface area contributed by atoms with E-state index in [0.717, 1.165) is 25.2 Å². The molecule has 11 heteroatoms. The molecule has 0 aromatic heterocycles. The highest BCUT2D eigenvalue weighted by molar-refractivity contribution is 7.85. The molecule has 1 amide bonds. The molecule has 3 unspecified atom stereocenters. The number of ether oxygens (including phenoxy) is 2. The molecule has 0 aromatic carbocycles. The standard InChI is InChI=1S/C21H39NO6S.C12H22O2.4CH4.FH/c1-16(23)18(19(28-4)14-17-10-6-5-7-11-17)12-8-9-13-20(24)22-21(2,3)15-29(25,26)27;1-10(13)8-12(14-2)9-11-6-4-3-5-7-11;;;;;/h17-19H,5-15H2,1-4H3,(H,22,24)(H,25,26,27);11-12H,3-9H2,1-2H3;4*1H4;1H. The molecule has 48 heavy (non-hydrogen) atoms. The summed E-state index contributed by atoms with van der Waals surface area (Å²) in [6.45, 7) is 6.37. The van der Waals surface area contributed by atoms with E-state index >= 15 is 0 Å². The summed E-state index contributed by atoms with van der Waals surface area (Å²) >= 11 is 0. The van der Waals surface area contributed by atoms with Crippen molar-refractivity contribution in [3.63, 3.8) is 0 Å². The minimum Gasteiger partial charge on any atom is -0.381 e. The molecule has 0 aromatic rings. The summed E-state index contributed by atoms with van der Waals surface area (Å²) in [6, 6.07) is 0. The lowest BCUT2D eigenvalue weighted by Gasteiger charge is -2.30. The van der Waals surface area contributed by atoms with Gasteiger partial charge < -0.3 is 14.8 Å². The highest BCUT2D eigenvalue weighted by Gasteiger charge is 2.29. The molecule has 2 rings (SSSR count). The largest absolute Gasteiger partial charge is 0.381 e. The van der Waals surface area contributed by atoms with Crippen LogP contribution < -0.4 is 5.32 Å². The van der Waals surface area contributed by atoms with Crippen LogP contribution in [0.4, 0.5) is 4.70 Å². The summed E-state index contributed by atoms with van der Waals surface area (Å²) in [4.78, 5) is 35.3. The third kappa shape index (κ3) is 26.4. The van der Waals surface area contributed by atoms with E-state index in [2.05, 4.69) is 5.32 Å². The Morgan fingerprint density at radius 3 is 1.69 bits per heavy atom. The molecular weight excluding hydrogens is 637 g/mol. The highest BCUT2D eigenvalue weighted by Crippen LogP contribution is 2.32. The maximum absolute atomic E-state index is 12.2. The first-order chi connectivity index (χ1) is 20.2. The molecule has 2 aliphatic rings. The molecule has 3 atom stereocenters. The van der Waals surface area contributed by atoms with E-state index in [9.17, 15) is 22.8 Å². The predicted octanol–water partition coefficient (Wildman–Crippen LogP) is 9.17. The van der Waals surface area contributed by atoms with Crippen molar-refractivity contribution in [2.45, 2.75) is 184 Å². The van der Waals surface area contributed by atoms with Crippen molar-refractivity contribution >= 4 is 27.6 Å². The Hall–Kier alpha value is -1.43. The molecule has 2 aliphatic carbocycles. The smallest absolute Gasteiger partial charge is 0.267 e. The van der Waals surface area contributed by atoms with Gasteiger partial charge in [-0.1, -0.05) is 100 Å². The summed E-state index contributed by atoms with van der Waals surface area (Å²) in [5, 5.41) is 2.64. The molecule has 0 bridgehead atoms. The van der Waals surface area contributed by atoms with Gasteiger partial charge in [0.2, 0.25) is 5.91 Å². The maximum Gasteiger partial charge on any atom is 0.267 e. The fourth-order valence-corrected chi connectivity index (χ4v) is 7.77. The Morgan fingerprint density at radius 1 is 0.812 bits per heavy atom. The lowest BCUT2D eigenvalue weighted by molar-refractivity contribution is -0.126. The van der Waals surface area contributed by atoms with Gasteiger partial charge in [-0.05, 0) is 65.2 Å². The quantitative estimate of drug-likeness (QED) is 0.106. The van der Waals surface area contributed by atoms with E-state index in [-0.39, 0.29) is 76.4 Å². The van der Waals surface area contributed by atoms with Gasteiger partial charge >= 0.3 is 0 Å². The molecule has 2 N–H and O–H groups in total. The van der Waals surface area contributed by atoms with Crippen LogP contribution in [0.5, 0.6) is 0 Å². The number of amides is 1. The second-order valence-electron chi connectivity index (χ2n) is 13.6. The molecule has 0 heterocycles. The molecule has 0 radical (unpaired) electrons. The van der Waals surface area contributed by atoms with Gasteiger partial charge in [0.1, 0.15) is 11.6 Å². The van der Waals surface area contributed by atoms with Gasteiger partial charge in [-0.25, -0.2) is 0 Å². The molecule has 0 saturated heterocycles. The van der Waals surface area contributed by atoms with Crippen molar-refractivity contribution in [1.82, 2.24) is 5.32 Å². The number of rotatable bonds is 18. The number of nitrogens with one attached hydrogen (secondary N) is 1. The number of halogens is 1. The molecule has 9 nitrogen and oxygen atoms in total. The summed E-state index contributed by atoms with van der Waals surface area (Å²) in [5.41, 5.74) is -1.03. The lowest BCUT2D eigenvalue weighted by atomic mass is 9.80. The van der Waals surface area contributed by atoms with Gasteiger partial charge in [0, 0.05) is 33.0 Å². The number of Topliss-reactive ketones (excluding diaryl/α,β-unsaturated/α-hetero) is 2. The Balaban J connectivity index is -0.000000278. The Kier molecular flexibility index (Phi) is 34.2. The molecule has 0 aliphatic heterocycles. The van der Waals surface area contributed by atoms with Crippen molar-refractivity contribution in [1.29, 1.82) is 0 Å². The maximum atomic E-state index is 12.2. The van der Waals surface area contributed by atoms with Gasteiger partial charge in [0.05, 0.1) is 23.5 Å². The highest BCUT2D eigenvalue weighted by atomic mass is 32.2. The second-order valence-corrected chi connectivity index (χ2v) is 15.1. The van der Waals surface area contributed by atoms with E-state index in [1.54, 1.807) is 41.9 Å². The van der Waals surface area contributed by atoms with Crippen LogP contribution in [0.3, 0.4) is 0 Å². The van der Waals surface area contributed by atoms with Crippen LogP contribution in [-0.4, -0.2) is 68.2 Å². The SMILES string of the molecule is C.C.C.C.COC(CC(C)=O)CC1CCCCC1.COC(CC1CCCCC1)C(CCCCC(=O)NC(C)(C)CS(=O)(=O)O)C(C)=O.F. The van der Waals surface area contributed by atoms with Crippen molar-refractivity contribution in [3.8, 4) is 0 Å². The minimum atomic E-state index is -4.16. The van der Waals surface area contributed by atoms with E-state index in [1.807, 2.05) is 0 Å². The first-order valence-corrected chi connectivity index (χ1v) is 18.1. The fraction of sp³-hybridized carbons (Fsp3) is 0.919. The lowest BCUT2D eigenvalue weighted by Crippen LogP contribution is -2.48. The number of ketones is 2. The van der Waals surface area contributed by atoms with E-state index in [1.165, 1.54) is 64.2 Å². The zero-order valence-electron chi connectivity index (χ0n) is 28.2. The number of carbonyl (C=O) groups is 3. The average molecular weight is 716 g/mol. The molecule has 2 saturated carbocycles. The number of hydrogen-bond donors (Lipinski definition) is 2. The van der Waals surface area contributed by atoms with Crippen molar-refractivity contribution in [2.75, 3.05) is 20.0 Å². The van der Waals surface area contributed by atoms with Crippen LogP contribution in [-0.2, 0) is 34.0 Å². The Morgan fingerprint density at radius 2 is 1.29 bits per heavy atom. The second kappa shape index (κ2) is 29.3. The van der Waals surface area contributed by atoms with Gasteiger partial charge in [0.25, 0.3) is 10.1 Å². The van der Waals surface area contributed by atoms with Gasteiger partial charge in [-0.15, -0.1) is 0 Å². The topological polar surface area (TPSA) is 136 Å². The first-order valence-electron chi connectivity index (χ1n) is 16.5. The minimum absolute atomic E-state index is 0. The van der Waals surface area contributed by atoms with E-state index < -0.39 is 21.4 Å². The number of hydrogen-bond acceptors (Lipinski definition) is 7. The zero-order chi connectivity index (χ0) is 32.5. The molecule has 292 valence electrons. The summed E-state index contributed by atoms with van der Waals surface area (Å²) in [5.74, 6) is 0.859. The van der Waals surface area contributed by atoms with Gasteiger partial charge in [0.15, 0.2) is 0 Å². The third-order valence-electron chi connectivity index (χ3n) is 8.92. The Bertz CT molecular complexity index is 932. The first kappa shape index (κ1) is 56.0. The fourth-order valence-electron chi connectivity index (χ4n) is 6.79. The summed E-state index contributed by atoms with van der Waals surface area (Å²) in [6.07, 6.45) is 18.0. The zero-order valence-corrected chi connectivity index (χ0v) is 29.1. The van der Waals surface area contributed by atoms with Crippen LogP contribution in [0.25, 0.3) is 0 Å². The van der Waals surface area contributed by atoms with Gasteiger partial charge in [-0.2, -0.15) is 8.42 Å². The number of carbonyl (C=O) groups excluding carboxylic acids is 3. The predicted molar refractivity (Wildman–Crippen MR) is 200 cm³/mol. The number of methoxy groups -OCH3 is 2. The van der Waals surface area contributed by atoms with Crippen molar-refractivity contribution in [3.05, 3.63) is 0 Å². The third-order valence-corrected chi connectivity index (χ3v) is 10.0. The van der Waals surface area contributed by atoms with E-state index in [4.69, 9.17) is 14.0 Å². The number of unbranched alkanes of at least 4 members (excludes halogenated alkanes) is 1. The molecular formula is C37H78FNO8S. The van der Waals surface area contributed by atoms with Crippen LogP contribution in [0.2, 0.25) is 0 Å². The monoisotopic (exact) mass is 716 g/mol. The van der Waals surface area contributed by atoms with Crippen LogP contribution in [0, 0.1) is 17.8 Å². The van der Waals surface area contributed by atoms with E-state index in [0.29, 0.717) is 25.2 Å². The summed E-state index contributed by atoms with van der Waals surface area (Å²) in [7, 11) is -0.771. The molecule has 0 spiro atoms. The van der Waals surface area contributed by atoms with Crippen molar-refractivity contribution < 1.29 is 41.5 Å². The van der Waals surface area contributed by atoms with Crippen LogP contribution in [0.1, 0.15) is 167 Å². The summed E-state index contributed by atoms with van der Waals surface area (Å²) < 4.78 is 42.0. The van der Waals surface area contributed by atoms with Crippen LogP contribution >= 0.6 is 0 Å². The average Bonchev–Trinajstić information content (AvgIpc) is 2.91. The van der Waals surface area contributed by atoms with Gasteiger partial charge in [-0.3, -0.25) is 23.6 Å². The van der Waals surface area contributed by atoms with Crippen LogP contribution in [0.15, 0.2) is 0 Å². The molecule has 2 fully saturated rings. The Labute approximate surface area is 296 Å². The van der Waals surface area contributed by atoms with Crippen molar-refractivity contribution in [2.24, 2.45) is 17.8 Å².